The molecule has 0 atom stereocenters. The van der Waals surface area contributed by atoms with E-state index < -0.39 is 0 Å². The molecule has 19 heavy (non-hydrogen) atoms. The Balaban J connectivity index is 1.90. The van der Waals surface area contributed by atoms with Crippen LogP contribution in [0.25, 0.3) is 0 Å². The minimum atomic E-state index is 0.353. The van der Waals surface area contributed by atoms with Crippen molar-refractivity contribution in [2.24, 2.45) is 5.84 Å². The molecule has 6 nitrogen and oxygen atoms in total. The summed E-state index contributed by atoms with van der Waals surface area (Å²) >= 11 is 0. The lowest BCUT2D eigenvalue weighted by Crippen LogP contribution is -2.09. The molecule has 0 radical (unpaired) electrons. The Hall–Kier alpha value is -2.34. The van der Waals surface area contributed by atoms with E-state index in [0.29, 0.717) is 19.0 Å². The summed E-state index contributed by atoms with van der Waals surface area (Å²) in [5.74, 6) is 7.31. The third-order valence-corrected chi connectivity index (χ3v) is 2.37. The number of benzene rings is 1. The van der Waals surface area contributed by atoms with Crippen molar-refractivity contribution in [3.63, 3.8) is 0 Å². The van der Waals surface area contributed by atoms with Gasteiger partial charge in [-0.25, -0.2) is 10.8 Å². The third kappa shape index (κ3) is 3.82. The fraction of sp³-hybridized carbons (Fsp3) is 0.231. The van der Waals surface area contributed by atoms with E-state index in [1.165, 1.54) is 0 Å². The van der Waals surface area contributed by atoms with E-state index in [9.17, 15) is 0 Å². The van der Waals surface area contributed by atoms with Gasteiger partial charge in [-0.1, -0.05) is 0 Å². The van der Waals surface area contributed by atoms with Gasteiger partial charge in [-0.05, 0) is 31.2 Å². The van der Waals surface area contributed by atoms with Crippen molar-refractivity contribution in [3.8, 4) is 11.5 Å². The normalized spacial score (nSPS) is 10.0. The van der Waals surface area contributed by atoms with Gasteiger partial charge in [0.15, 0.2) is 5.82 Å². The van der Waals surface area contributed by atoms with Gasteiger partial charge in [-0.2, -0.15) is 0 Å². The van der Waals surface area contributed by atoms with Crippen molar-refractivity contribution in [2.75, 3.05) is 12.0 Å². The smallest absolute Gasteiger partial charge is 0.158 e. The van der Waals surface area contributed by atoms with Gasteiger partial charge in [-0.3, -0.25) is 4.98 Å². The zero-order chi connectivity index (χ0) is 13.5. The average Bonchev–Trinajstić information content (AvgIpc) is 2.47. The van der Waals surface area contributed by atoms with E-state index in [0.717, 1.165) is 17.2 Å². The van der Waals surface area contributed by atoms with Crippen LogP contribution in [0.4, 0.5) is 5.82 Å². The van der Waals surface area contributed by atoms with E-state index in [1.807, 2.05) is 31.2 Å². The highest BCUT2D eigenvalue weighted by molar-refractivity contribution is 5.31. The minimum absolute atomic E-state index is 0.353. The van der Waals surface area contributed by atoms with Crippen LogP contribution in [0.5, 0.6) is 11.5 Å². The molecule has 0 bridgehead atoms. The number of ether oxygens (including phenoxy) is 2. The van der Waals surface area contributed by atoms with Crippen LogP contribution >= 0.6 is 0 Å². The number of nitrogens with two attached hydrogens (primary N) is 1. The van der Waals surface area contributed by atoms with Crippen molar-refractivity contribution in [1.82, 2.24) is 9.97 Å². The van der Waals surface area contributed by atoms with Crippen LogP contribution in [0.1, 0.15) is 12.6 Å². The van der Waals surface area contributed by atoms with Crippen LogP contribution in [0, 0.1) is 0 Å². The summed E-state index contributed by atoms with van der Waals surface area (Å²) in [5.41, 5.74) is 3.15. The molecule has 0 saturated heterocycles. The second kappa shape index (κ2) is 6.55. The number of hydrogen-bond donors (Lipinski definition) is 2. The SMILES string of the molecule is CCOc1ccc(OCc2cnc(NN)cn2)cc1. The number of anilines is 1. The quantitative estimate of drug-likeness (QED) is 0.608. The van der Waals surface area contributed by atoms with Crippen molar-refractivity contribution < 1.29 is 9.47 Å². The van der Waals surface area contributed by atoms with E-state index in [-0.39, 0.29) is 0 Å². The number of nitrogen functional groups attached to an aromatic ring is 1. The molecule has 0 amide bonds. The molecular formula is C13H16N4O2. The molecule has 0 fully saturated rings. The highest BCUT2D eigenvalue weighted by Crippen LogP contribution is 2.18. The Morgan fingerprint density at radius 3 is 2.26 bits per heavy atom. The maximum Gasteiger partial charge on any atom is 0.158 e. The molecule has 1 aromatic carbocycles. The predicted molar refractivity (Wildman–Crippen MR) is 71.8 cm³/mol. The molecule has 1 heterocycles. The van der Waals surface area contributed by atoms with Gasteiger partial charge in [0.05, 0.1) is 24.7 Å². The molecule has 0 aliphatic carbocycles. The number of nitrogens with one attached hydrogen (secondary N) is 1. The maximum absolute atomic E-state index is 5.59. The fourth-order valence-corrected chi connectivity index (χ4v) is 1.46. The number of rotatable bonds is 6. The number of nitrogens with zero attached hydrogens (tertiary/aromatic N) is 2. The average molecular weight is 260 g/mol. The van der Waals surface area contributed by atoms with E-state index in [2.05, 4.69) is 15.4 Å². The van der Waals surface area contributed by atoms with E-state index >= 15 is 0 Å². The van der Waals surface area contributed by atoms with Gasteiger partial charge in [-0.15, -0.1) is 0 Å². The lowest BCUT2D eigenvalue weighted by atomic mass is 10.3. The first-order chi connectivity index (χ1) is 9.31. The maximum atomic E-state index is 5.59. The number of hydrogen-bond acceptors (Lipinski definition) is 6. The lowest BCUT2D eigenvalue weighted by molar-refractivity contribution is 0.299. The van der Waals surface area contributed by atoms with Crippen LogP contribution in [0.3, 0.4) is 0 Å². The zero-order valence-electron chi connectivity index (χ0n) is 10.7. The first kappa shape index (κ1) is 13.1. The van der Waals surface area contributed by atoms with Crippen LogP contribution in [-0.4, -0.2) is 16.6 Å². The molecule has 6 heteroatoms. The Morgan fingerprint density at radius 2 is 1.74 bits per heavy atom. The fourth-order valence-electron chi connectivity index (χ4n) is 1.46. The molecule has 0 unspecified atom stereocenters. The Kier molecular flexibility index (Phi) is 4.52. The summed E-state index contributed by atoms with van der Waals surface area (Å²) in [6, 6.07) is 7.44. The van der Waals surface area contributed by atoms with Crippen LogP contribution < -0.4 is 20.7 Å². The second-order valence-corrected chi connectivity index (χ2v) is 3.73. The van der Waals surface area contributed by atoms with Gasteiger partial charge >= 0.3 is 0 Å². The van der Waals surface area contributed by atoms with Gasteiger partial charge < -0.3 is 14.9 Å². The predicted octanol–water partition coefficient (Wildman–Crippen LogP) is 1.74. The Labute approximate surface area is 111 Å². The van der Waals surface area contributed by atoms with E-state index in [1.54, 1.807) is 12.4 Å². The minimum Gasteiger partial charge on any atom is -0.494 e. The van der Waals surface area contributed by atoms with Crippen molar-refractivity contribution in [3.05, 3.63) is 42.4 Å². The van der Waals surface area contributed by atoms with Crippen LogP contribution in [-0.2, 0) is 6.61 Å². The molecular weight excluding hydrogens is 244 g/mol. The van der Waals surface area contributed by atoms with Gasteiger partial charge in [0, 0.05) is 0 Å². The molecule has 1 aromatic heterocycles. The first-order valence-electron chi connectivity index (χ1n) is 5.95. The number of hydrazine groups is 1. The van der Waals surface area contributed by atoms with Crippen molar-refractivity contribution in [1.29, 1.82) is 0 Å². The molecule has 0 aliphatic rings. The Bertz CT molecular complexity index is 499. The molecule has 2 rings (SSSR count). The summed E-state index contributed by atoms with van der Waals surface area (Å²) in [4.78, 5) is 8.21. The summed E-state index contributed by atoms with van der Waals surface area (Å²) in [6.07, 6.45) is 3.17. The molecule has 0 spiro atoms. The van der Waals surface area contributed by atoms with Crippen LogP contribution in [0.2, 0.25) is 0 Å². The molecule has 3 N–H and O–H groups in total. The Morgan fingerprint density at radius 1 is 1.05 bits per heavy atom. The van der Waals surface area contributed by atoms with Gasteiger partial charge in [0.25, 0.3) is 0 Å². The van der Waals surface area contributed by atoms with Crippen molar-refractivity contribution in [2.45, 2.75) is 13.5 Å². The zero-order valence-corrected chi connectivity index (χ0v) is 10.7. The topological polar surface area (TPSA) is 82.3 Å². The molecule has 2 aromatic rings. The summed E-state index contributed by atoms with van der Waals surface area (Å²) in [6.45, 7) is 2.95. The van der Waals surface area contributed by atoms with E-state index in [4.69, 9.17) is 15.3 Å². The molecule has 0 saturated carbocycles. The largest absolute Gasteiger partial charge is 0.494 e. The highest BCUT2D eigenvalue weighted by atomic mass is 16.5. The monoisotopic (exact) mass is 260 g/mol. The highest BCUT2D eigenvalue weighted by Gasteiger charge is 1.99. The van der Waals surface area contributed by atoms with Crippen molar-refractivity contribution >= 4 is 5.82 Å². The molecule has 0 aliphatic heterocycles. The summed E-state index contributed by atoms with van der Waals surface area (Å²) < 4.78 is 10.9. The van der Waals surface area contributed by atoms with Gasteiger partial charge in [0.1, 0.15) is 18.1 Å². The third-order valence-electron chi connectivity index (χ3n) is 2.37. The molecule has 100 valence electrons. The summed E-state index contributed by atoms with van der Waals surface area (Å²) in [5, 5.41) is 0. The standard InChI is InChI=1S/C13H16N4O2/c1-2-18-11-3-5-12(6-4-11)19-9-10-7-16-13(17-14)8-15-10/h3-8H,2,9,14H2,1H3,(H,16,17). The summed E-state index contributed by atoms with van der Waals surface area (Å²) in [7, 11) is 0. The van der Waals surface area contributed by atoms with Crippen LogP contribution in [0.15, 0.2) is 36.7 Å². The number of aromatic nitrogens is 2. The lowest BCUT2D eigenvalue weighted by Gasteiger charge is -2.07. The van der Waals surface area contributed by atoms with Gasteiger partial charge in [0.2, 0.25) is 0 Å². The first-order valence-corrected chi connectivity index (χ1v) is 5.95. The second-order valence-electron chi connectivity index (χ2n) is 3.73.